The maximum absolute atomic E-state index is 12.6. The zero-order valence-corrected chi connectivity index (χ0v) is 25.0. The summed E-state index contributed by atoms with van der Waals surface area (Å²) in [6, 6.07) is 20.8. The summed E-state index contributed by atoms with van der Waals surface area (Å²) in [5, 5.41) is 3.86. The quantitative estimate of drug-likeness (QED) is 0.217. The van der Waals surface area contributed by atoms with E-state index in [2.05, 4.69) is 52.3 Å². The smallest absolute Gasteiger partial charge is 0.180 e. The summed E-state index contributed by atoms with van der Waals surface area (Å²) < 4.78 is 18.9. The van der Waals surface area contributed by atoms with Crippen LogP contribution in [-0.2, 0) is 6.42 Å². The number of aromatic nitrogens is 1. The number of nitrogen functional groups attached to an aromatic ring is 1. The maximum atomic E-state index is 12.6. The topological polar surface area (TPSA) is 51.4 Å². The number of rotatable bonds is 8. The molecular formula is C33H32Cl2FN3OS. The lowest BCUT2D eigenvalue weighted by Crippen LogP contribution is -2.26. The molecule has 0 unspecified atom stereocenters. The van der Waals surface area contributed by atoms with E-state index in [1.54, 1.807) is 0 Å². The third-order valence-electron chi connectivity index (χ3n) is 7.91. The van der Waals surface area contributed by atoms with Gasteiger partial charge < -0.3 is 10.5 Å². The van der Waals surface area contributed by atoms with Gasteiger partial charge in [-0.15, -0.1) is 11.3 Å². The molecule has 0 saturated carbocycles. The number of likely N-dealkylation sites (tertiary alicyclic amines) is 1. The lowest BCUT2D eigenvalue weighted by Gasteiger charge is -2.19. The van der Waals surface area contributed by atoms with E-state index in [0.717, 1.165) is 73.5 Å². The minimum Gasteiger partial charge on any atom is -0.489 e. The molecule has 41 heavy (non-hydrogen) atoms. The van der Waals surface area contributed by atoms with Crippen LogP contribution in [-0.4, -0.2) is 42.3 Å². The Morgan fingerprint density at radius 1 is 1.00 bits per heavy atom. The number of hydrogen-bond acceptors (Lipinski definition) is 5. The Morgan fingerprint density at radius 2 is 1.80 bits per heavy atom. The first-order valence-corrected chi connectivity index (χ1v) is 15.7. The highest BCUT2D eigenvalue weighted by molar-refractivity contribution is 7.13. The third-order valence-corrected chi connectivity index (χ3v) is 9.13. The van der Waals surface area contributed by atoms with Crippen LogP contribution >= 0.6 is 34.5 Å². The molecule has 0 bridgehead atoms. The van der Waals surface area contributed by atoms with E-state index >= 15 is 0 Å². The van der Waals surface area contributed by atoms with Gasteiger partial charge in [0.1, 0.15) is 11.9 Å². The van der Waals surface area contributed by atoms with Gasteiger partial charge in [0, 0.05) is 40.6 Å². The monoisotopic (exact) mass is 607 g/mol. The minimum absolute atomic E-state index is 0.125. The normalized spacial score (nSPS) is 17.5. The van der Waals surface area contributed by atoms with Gasteiger partial charge in [0.2, 0.25) is 0 Å². The Balaban J connectivity index is 1.37. The number of benzene rings is 3. The number of nitrogens with two attached hydrogens (primary N) is 1. The van der Waals surface area contributed by atoms with Crippen molar-refractivity contribution in [3.8, 4) is 17.0 Å². The Hall–Kier alpha value is -2.90. The van der Waals surface area contributed by atoms with Crippen molar-refractivity contribution in [2.45, 2.75) is 38.2 Å². The van der Waals surface area contributed by atoms with Crippen LogP contribution in [0.4, 0.5) is 9.52 Å². The number of aryl methyl sites for hydroxylation is 1. The second-order valence-corrected chi connectivity index (χ2v) is 12.4. The number of hydrogen-bond donors (Lipinski definition) is 1. The Labute approximate surface area is 254 Å². The number of alkyl halides is 1. The van der Waals surface area contributed by atoms with Crippen LogP contribution < -0.4 is 10.5 Å². The standard InChI is InChI=1S/C33H32Cl2FN3OS/c34-24-8-12-28(30(35)18-24)29-4-1-3-22-17-23(31-20-41-33(37)38-31)7-11-27(22)32(29)21-5-9-25(10-6-21)40-26-13-16-39(19-26)15-2-14-36/h5-12,17-18,20,26H,1-4,13-16,19H2,(H2,37,38)/t26-/m0/s1. The number of ether oxygens (including phenoxy) is 1. The van der Waals surface area contributed by atoms with E-state index < -0.39 is 0 Å². The van der Waals surface area contributed by atoms with Gasteiger partial charge in [-0.25, -0.2) is 4.98 Å². The molecular weight excluding hydrogens is 576 g/mol. The van der Waals surface area contributed by atoms with E-state index in [4.69, 9.17) is 33.7 Å². The second-order valence-electron chi connectivity index (χ2n) is 10.7. The first kappa shape index (κ1) is 28.2. The van der Waals surface area contributed by atoms with Gasteiger partial charge in [-0.2, -0.15) is 0 Å². The average molecular weight is 609 g/mol. The predicted molar refractivity (Wildman–Crippen MR) is 170 cm³/mol. The molecule has 1 aliphatic heterocycles. The van der Waals surface area contributed by atoms with Crippen LogP contribution in [0.3, 0.4) is 0 Å². The molecule has 1 aliphatic carbocycles. The van der Waals surface area contributed by atoms with Crippen molar-refractivity contribution >= 4 is 50.8 Å². The summed E-state index contributed by atoms with van der Waals surface area (Å²) in [4.78, 5) is 6.78. The zero-order chi connectivity index (χ0) is 28.3. The summed E-state index contributed by atoms with van der Waals surface area (Å²) in [5.74, 6) is 0.850. The second kappa shape index (κ2) is 12.5. The minimum atomic E-state index is -0.271. The molecule has 1 atom stereocenters. The van der Waals surface area contributed by atoms with Crippen molar-refractivity contribution in [3.63, 3.8) is 0 Å². The van der Waals surface area contributed by atoms with Gasteiger partial charge >= 0.3 is 0 Å². The highest BCUT2D eigenvalue weighted by Gasteiger charge is 2.25. The summed E-state index contributed by atoms with van der Waals surface area (Å²) >= 11 is 14.5. The Morgan fingerprint density at radius 3 is 2.56 bits per heavy atom. The Bertz CT molecular complexity index is 1570. The van der Waals surface area contributed by atoms with Gasteiger partial charge in [0.25, 0.3) is 0 Å². The zero-order valence-electron chi connectivity index (χ0n) is 22.7. The highest BCUT2D eigenvalue weighted by Crippen LogP contribution is 2.43. The third kappa shape index (κ3) is 6.31. The lowest BCUT2D eigenvalue weighted by molar-refractivity contribution is 0.198. The number of anilines is 1. The van der Waals surface area contributed by atoms with Gasteiger partial charge in [0.05, 0.1) is 12.4 Å². The van der Waals surface area contributed by atoms with Crippen LogP contribution in [0, 0.1) is 0 Å². The average Bonchev–Trinajstić information content (AvgIpc) is 3.56. The molecule has 2 heterocycles. The molecule has 4 nitrogen and oxygen atoms in total. The van der Waals surface area contributed by atoms with E-state index in [0.29, 0.717) is 21.6 Å². The molecule has 3 aromatic carbocycles. The van der Waals surface area contributed by atoms with Crippen molar-refractivity contribution in [1.29, 1.82) is 0 Å². The molecule has 0 amide bonds. The van der Waals surface area contributed by atoms with Crippen molar-refractivity contribution in [2.75, 3.05) is 32.0 Å². The fraction of sp³-hybridized carbons (Fsp3) is 0.303. The molecule has 0 spiro atoms. The number of allylic oxidation sites excluding steroid dienone is 1. The fourth-order valence-corrected chi connectivity index (χ4v) is 7.07. The van der Waals surface area contributed by atoms with E-state index in [1.165, 1.54) is 33.6 Å². The van der Waals surface area contributed by atoms with Gasteiger partial charge in [-0.3, -0.25) is 9.29 Å². The molecule has 1 aromatic heterocycles. The summed E-state index contributed by atoms with van der Waals surface area (Å²) in [6.07, 6.45) is 4.49. The molecule has 2 aliphatic rings. The van der Waals surface area contributed by atoms with Crippen LogP contribution in [0.1, 0.15) is 47.9 Å². The summed E-state index contributed by atoms with van der Waals surface area (Å²) in [7, 11) is 0. The Kier molecular flexibility index (Phi) is 8.63. The van der Waals surface area contributed by atoms with Gasteiger partial charge in [0.15, 0.2) is 5.13 Å². The fourth-order valence-electron chi connectivity index (χ4n) is 5.97. The van der Waals surface area contributed by atoms with Crippen LogP contribution in [0.2, 0.25) is 10.0 Å². The first-order valence-electron chi connectivity index (χ1n) is 14.1. The molecule has 1 saturated heterocycles. The predicted octanol–water partition coefficient (Wildman–Crippen LogP) is 8.81. The molecule has 1 fully saturated rings. The van der Waals surface area contributed by atoms with Crippen molar-refractivity contribution in [3.05, 3.63) is 98.3 Å². The van der Waals surface area contributed by atoms with Gasteiger partial charge in [-0.05, 0) is 95.8 Å². The van der Waals surface area contributed by atoms with Crippen molar-refractivity contribution < 1.29 is 9.13 Å². The van der Waals surface area contributed by atoms with E-state index in [9.17, 15) is 4.39 Å². The molecule has 8 heteroatoms. The molecule has 2 N–H and O–H groups in total. The van der Waals surface area contributed by atoms with E-state index in [-0.39, 0.29) is 12.8 Å². The van der Waals surface area contributed by atoms with Gasteiger partial charge in [-0.1, -0.05) is 53.5 Å². The molecule has 6 rings (SSSR count). The number of halogens is 3. The highest BCUT2D eigenvalue weighted by atomic mass is 35.5. The van der Waals surface area contributed by atoms with Crippen LogP contribution in [0.25, 0.3) is 22.4 Å². The summed E-state index contributed by atoms with van der Waals surface area (Å²) in [6.45, 7) is 2.31. The maximum Gasteiger partial charge on any atom is 0.180 e. The van der Waals surface area contributed by atoms with Crippen molar-refractivity contribution in [2.24, 2.45) is 0 Å². The lowest BCUT2D eigenvalue weighted by atomic mass is 9.87. The number of fused-ring (bicyclic) bond motifs is 1. The molecule has 212 valence electrons. The van der Waals surface area contributed by atoms with Crippen LogP contribution in [0.15, 0.2) is 66.0 Å². The number of nitrogens with zero attached hydrogens (tertiary/aromatic N) is 2. The molecule has 4 aromatic rings. The van der Waals surface area contributed by atoms with Crippen LogP contribution in [0.5, 0.6) is 5.75 Å². The summed E-state index contributed by atoms with van der Waals surface area (Å²) in [5.41, 5.74) is 14.9. The largest absolute Gasteiger partial charge is 0.489 e. The molecule has 0 radical (unpaired) electrons. The van der Waals surface area contributed by atoms with Crippen molar-refractivity contribution in [1.82, 2.24) is 9.88 Å². The van der Waals surface area contributed by atoms with E-state index in [1.807, 2.05) is 23.6 Å². The number of thiazole rings is 1. The SMILES string of the molecule is Nc1nc(-c2ccc3c(c2)CCCC(c2ccc(Cl)cc2Cl)=C3c2ccc(O[C@H]3CCN(CCCF)C3)cc2)cs1. The first-order chi connectivity index (χ1) is 20.0.